The number of aromatic nitrogens is 2. The van der Waals surface area contributed by atoms with Crippen LogP contribution in [0.3, 0.4) is 0 Å². The van der Waals surface area contributed by atoms with Gasteiger partial charge in [0.05, 0.1) is 21.9 Å². The monoisotopic (exact) mass is 480 g/mol. The second kappa shape index (κ2) is 8.92. The van der Waals surface area contributed by atoms with Crippen LogP contribution < -0.4 is 15.4 Å². The number of aliphatic imine (C=N–C) groups is 1. The van der Waals surface area contributed by atoms with Gasteiger partial charge in [-0.2, -0.15) is 0 Å². The highest BCUT2D eigenvalue weighted by Crippen LogP contribution is 2.34. The molecule has 3 aliphatic heterocycles. The number of nitro groups is 1. The number of H-pyrrole nitrogens is 1. The number of anilines is 2. The maximum atomic E-state index is 12.8. The van der Waals surface area contributed by atoms with Crippen molar-refractivity contribution in [3.63, 3.8) is 0 Å². The van der Waals surface area contributed by atoms with Crippen LogP contribution in [-0.2, 0) is 6.42 Å². The molecule has 1 aliphatic carbocycles. The molecule has 1 aromatic heterocycles. The lowest BCUT2D eigenvalue weighted by Crippen LogP contribution is -2.47. The molecule has 0 amide bonds. The van der Waals surface area contributed by atoms with E-state index in [0.29, 0.717) is 44.0 Å². The van der Waals surface area contributed by atoms with Crippen LogP contribution in [0.2, 0.25) is 0 Å². The summed E-state index contributed by atoms with van der Waals surface area (Å²) in [5.74, 6) is 0.419. The Morgan fingerprint density at radius 3 is 2.56 bits per heavy atom. The van der Waals surface area contributed by atoms with Crippen LogP contribution in [0.15, 0.2) is 76.6 Å². The lowest BCUT2D eigenvalue weighted by molar-refractivity contribution is -0.384. The molecule has 1 N–H and O–H groups in total. The number of fused-ring (bicyclic) bond motifs is 2. The number of hydrogen-bond acceptors (Lipinski definition) is 7. The Bertz CT molecular complexity index is 1520. The van der Waals surface area contributed by atoms with Crippen LogP contribution in [0, 0.1) is 10.1 Å². The van der Waals surface area contributed by atoms with Gasteiger partial charge < -0.3 is 14.8 Å². The zero-order valence-corrected chi connectivity index (χ0v) is 19.6. The van der Waals surface area contributed by atoms with Crippen LogP contribution in [0.1, 0.15) is 17.5 Å². The minimum absolute atomic E-state index is 0.0326. The first kappa shape index (κ1) is 22.0. The van der Waals surface area contributed by atoms with E-state index in [2.05, 4.69) is 33.1 Å². The summed E-state index contributed by atoms with van der Waals surface area (Å²) in [6, 6.07) is 19.1. The van der Waals surface area contributed by atoms with Crippen molar-refractivity contribution in [2.24, 2.45) is 4.99 Å². The van der Waals surface area contributed by atoms with E-state index in [0.717, 1.165) is 34.8 Å². The highest BCUT2D eigenvalue weighted by Gasteiger charge is 2.26. The molecule has 0 spiro atoms. The normalized spacial score (nSPS) is 15.5. The predicted octanol–water partition coefficient (Wildman–Crippen LogP) is 4.18. The highest BCUT2D eigenvalue weighted by atomic mass is 16.6. The summed E-state index contributed by atoms with van der Waals surface area (Å²) in [4.78, 5) is 40.2. The van der Waals surface area contributed by atoms with Gasteiger partial charge in [-0.3, -0.25) is 19.9 Å². The summed E-state index contributed by atoms with van der Waals surface area (Å²) in [7, 11) is 0. The average molecular weight is 481 g/mol. The van der Waals surface area contributed by atoms with Gasteiger partial charge in [-0.05, 0) is 42.7 Å². The molecule has 4 aliphatic rings. The summed E-state index contributed by atoms with van der Waals surface area (Å²) in [5, 5.41) is 11.4. The number of piperazine rings is 1. The fraction of sp³-hybridized carbons (Fsp3) is 0.222. The minimum atomic E-state index is -0.380. The number of nitrogens with one attached hydrogen (secondary N) is 1. The Kier molecular flexibility index (Phi) is 5.44. The van der Waals surface area contributed by atoms with Gasteiger partial charge in [0, 0.05) is 55.4 Å². The van der Waals surface area contributed by atoms with Crippen LogP contribution in [-0.4, -0.2) is 46.8 Å². The Morgan fingerprint density at radius 2 is 1.72 bits per heavy atom. The number of rotatable bonds is 4. The van der Waals surface area contributed by atoms with Gasteiger partial charge in [0.2, 0.25) is 5.82 Å². The van der Waals surface area contributed by atoms with Crippen LogP contribution >= 0.6 is 0 Å². The van der Waals surface area contributed by atoms with Gasteiger partial charge in [0.25, 0.3) is 5.56 Å². The summed E-state index contributed by atoms with van der Waals surface area (Å²) in [6.45, 7) is 2.70. The van der Waals surface area contributed by atoms with Crippen molar-refractivity contribution in [1.29, 1.82) is 0 Å². The Labute approximate surface area is 207 Å². The number of nitrogens with zero attached hydrogens (tertiary/aromatic N) is 5. The van der Waals surface area contributed by atoms with E-state index >= 15 is 0 Å². The Morgan fingerprint density at radius 1 is 0.917 bits per heavy atom. The zero-order valence-electron chi connectivity index (χ0n) is 19.6. The van der Waals surface area contributed by atoms with E-state index in [1.165, 1.54) is 11.6 Å². The third kappa shape index (κ3) is 3.88. The van der Waals surface area contributed by atoms with Gasteiger partial charge in [-0.15, -0.1) is 0 Å². The summed E-state index contributed by atoms with van der Waals surface area (Å²) in [6.07, 6.45) is 3.14. The molecular formula is C27H24N6O3. The number of hydrogen-bond donors (Lipinski definition) is 1. The third-order valence-corrected chi connectivity index (χ3v) is 6.93. The second-order valence-corrected chi connectivity index (χ2v) is 9.02. The third-order valence-electron chi connectivity index (χ3n) is 6.93. The first-order chi connectivity index (χ1) is 17.6. The van der Waals surface area contributed by atoms with Crippen molar-refractivity contribution in [2.45, 2.75) is 12.8 Å². The summed E-state index contributed by atoms with van der Waals surface area (Å²) >= 11 is 0. The molecule has 0 saturated carbocycles. The van der Waals surface area contributed by atoms with Crippen molar-refractivity contribution in [2.75, 3.05) is 36.0 Å². The van der Waals surface area contributed by atoms with Gasteiger partial charge in [-0.25, -0.2) is 4.98 Å². The number of aromatic amines is 1. The van der Waals surface area contributed by atoms with Crippen molar-refractivity contribution in [1.82, 2.24) is 9.97 Å². The lowest BCUT2D eigenvalue weighted by Gasteiger charge is -2.36. The van der Waals surface area contributed by atoms with E-state index in [4.69, 9.17) is 4.99 Å². The standard InChI is InChI=1S/C27H24N6O3/c34-27-25(20-5-2-1-3-6-21(20)30-27)22-11-9-18-8-10-19(17-23(18)29-22)31-13-15-32(16-14-31)26-24(33(35)36)7-4-12-28-26/h1-8,10,12,17H,9,11,13-16H2,(H,30,34). The smallest absolute Gasteiger partial charge is 0.311 e. The molecule has 0 atom stereocenters. The summed E-state index contributed by atoms with van der Waals surface area (Å²) < 4.78 is 0. The molecule has 0 bridgehead atoms. The average Bonchev–Trinajstić information content (AvgIpc) is 3.05. The molecule has 36 heavy (non-hydrogen) atoms. The van der Waals surface area contributed by atoms with Gasteiger partial charge in [0.1, 0.15) is 0 Å². The fourth-order valence-electron chi connectivity index (χ4n) is 5.12. The topological polar surface area (TPSA) is 108 Å². The van der Waals surface area contributed by atoms with Crippen molar-refractivity contribution < 1.29 is 4.92 Å². The molecule has 1 saturated heterocycles. The fourth-order valence-corrected chi connectivity index (χ4v) is 5.12. The quantitative estimate of drug-likeness (QED) is 0.347. The first-order valence-corrected chi connectivity index (χ1v) is 12.0. The van der Waals surface area contributed by atoms with E-state index in [1.54, 1.807) is 12.3 Å². The summed E-state index contributed by atoms with van der Waals surface area (Å²) in [5.41, 5.74) is 6.23. The molecule has 0 radical (unpaired) electrons. The zero-order chi connectivity index (χ0) is 24.6. The van der Waals surface area contributed by atoms with Gasteiger partial charge >= 0.3 is 5.69 Å². The number of benzene rings is 1. The SMILES string of the molecule is O=c1[nH]c2cccccc-2c1C1=Nc2cc(N3CCN(c4ncccc4[N+](=O)[O-])CC3)ccc2CC1. The van der Waals surface area contributed by atoms with Gasteiger partial charge in [0.15, 0.2) is 0 Å². The van der Waals surface area contributed by atoms with E-state index in [9.17, 15) is 14.9 Å². The molecule has 1 aromatic carbocycles. The maximum absolute atomic E-state index is 12.8. The van der Waals surface area contributed by atoms with Crippen LogP contribution in [0.4, 0.5) is 22.9 Å². The first-order valence-electron chi connectivity index (χ1n) is 12.0. The maximum Gasteiger partial charge on any atom is 0.311 e. The molecule has 2 aromatic rings. The van der Waals surface area contributed by atoms with Gasteiger partial charge in [-0.1, -0.05) is 30.3 Å². The number of aryl methyl sites for hydroxylation is 1. The molecule has 9 nitrogen and oxygen atoms in total. The van der Waals surface area contributed by atoms with E-state index in [-0.39, 0.29) is 16.2 Å². The Hall–Kier alpha value is -4.53. The molecule has 0 unspecified atom stereocenters. The lowest BCUT2D eigenvalue weighted by atomic mass is 9.95. The van der Waals surface area contributed by atoms with Crippen LogP contribution in [0.25, 0.3) is 11.3 Å². The second-order valence-electron chi connectivity index (χ2n) is 9.02. The van der Waals surface area contributed by atoms with Crippen molar-refractivity contribution in [3.8, 4) is 11.3 Å². The molecule has 1 fully saturated rings. The molecule has 4 heterocycles. The van der Waals surface area contributed by atoms with E-state index < -0.39 is 0 Å². The van der Waals surface area contributed by atoms with E-state index in [1.807, 2.05) is 35.2 Å². The minimum Gasteiger partial charge on any atom is -0.368 e. The molecule has 9 heteroatoms. The highest BCUT2D eigenvalue weighted by molar-refractivity contribution is 6.08. The molecule has 6 rings (SSSR count). The number of pyridine rings is 1. The largest absolute Gasteiger partial charge is 0.368 e. The predicted molar refractivity (Wildman–Crippen MR) is 140 cm³/mol. The Balaban J connectivity index is 1.25. The molecule has 180 valence electrons. The van der Waals surface area contributed by atoms with Crippen molar-refractivity contribution in [3.05, 3.63) is 98.5 Å². The molecular weight excluding hydrogens is 456 g/mol. The van der Waals surface area contributed by atoms with Crippen LogP contribution in [0.5, 0.6) is 0 Å². The van der Waals surface area contributed by atoms with Crippen molar-refractivity contribution >= 4 is 28.6 Å².